The maximum Gasteiger partial charge on any atom is 0.303 e. The number of carboxylic acids is 1. The van der Waals surface area contributed by atoms with E-state index in [0.717, 1.165) is 38.9 Å². The third-order valence-electron chi connectivity index (χ3n) is 4.56. The number of carbonyl (C=O) groups is 1. The van der Waals surface area contributed by atoms with E-state index in [0.29, 0.717) is 5.92 Å². The molecule has 1 aliphatic rings. The van der Waals surface area contributed by atoms with E-state index in [1.54, 1.807) is 0 Å². The van der Waals surface area contributed by atoms with Gasteiger partial charge in [-0.2, -0.15) is 5.10 Å². The molecule has 2 rings (SSSR count). The minimum absolute atomic E-state index is 0.254. The van der Waals surface area contributed by atoms with E-state index in [9.17, 15) is 4.79 Å². The second-order valence-electron chi connectivity index (χ2n) is 6.34. The number of nitrogens with zero attached hydrogens (tertiary/aromatic N) is 3. The van der Waals surface area contributed by atoms with Crippen molar-refractivity contribution in [3.05, 3.63) is 17.5 Å². The summed E-state index contributed by atoms with van der Waals surface area (Å²) in [5.41, 5.74) is 2.49. The quantitative estimate of drug-likeness (QED) is 0.874. The Morgan fingerprint density at radius 1 is 1.57 bits per heavy atom. The van der Waals surface area contributed by atoms with Crippen molar-refractivity contribution in [3.63, 3.8) is 0 Å². The minimum atomic E-state index is -0.680. The topological polar surface area (TPSA) is 58.4 Å². The number of likely N-dealkylation sites (tertiary alicyclic amines) is 1. The zero-order chi connectivity index (χ0) is 15.4. The van der Waals surface area contributed by atoms with Crippen molar-refractivity contribution in [2.24, 2.45) is 18.9 Å². The normalized spacial score (nSPS) is 21.4. The van der Waals surface area contributed by atoms with Crippen molar-refractivity contribution in [1.82, 2.24) is 14.7 Å². The highest BCUT2D eigenvalue weighted by Gasteiger charge is 2.26. The summed E-state index contributed by atoms with van der Waals surface area (Å²) in [4.78, 5) is 13.3. The second kappa shape index (κ2) is 7.07. The Labute approximate surface area is 126 Å². The van der Waals surface area contributed by atoms with Crippen LogP contribution in [0.2, 0.25) is 0 Å². The van der Waals surface area contributed by atoms with Crippen LogP contribution in [0.4, 0.5) is 0 Å². The molecule has 0 aliphatic carbocycles. The first-order chi connectivity index (χ1) is 9.99. The molecule has 1 aliphatic heterocycles. The fraction of sp³-hybridized carbons (Fsp3) is 0.750. The molecule has 0 radical (unpaired) electrons. The molecule has 5 nitrogen and oxygen atoms in total. The third-order valence-corrected chi connectivity index (χ3v) is 4.56. The summed E-state index contributed by atoms with van der Waals surface area (Å²) in [5.74, 6) is 0.0709. The van der Waals surface area contributed by atoms with Gasteiger partial charge in [-0.05, 0) is 37.6 Å². The number of aliphatic carboxylic acids is 1. The van der Waals surface area contributed by atoms with Gasteiger partial charge in [-0.3, -0.25) is 14.4 Å². The average molecular weight is 293 g/mol. The molecule has 0 amide bonds. The van der Waals surface area contributed by atoms with Crippen molar-refractivity contribution >= 4 is 5.97 Å². The maximum absolute atomic E-state index is 10.9. The highest BCUT2D eigenvalue weighted by molar-refractivity contribution is 5.67. The number of carboxylic acid groups (broad SMARTS) is 1. The third kappa shape index (κ3) is 4.30. The van der Waals surface area contributed by atoms with E-state index >= 15 is 0 Å². The smallest absolute Gasteiger partial charge is 0.303 e. The largest absolute Gasteiger partial charge is 0.481 e. The molecule has 21 heavy (non-hydrogen) atoms. The van der Waals surface area contributed by atoms with Crippen LogP contribution in [0, 0.1) is 11.8 Å². The van der Waals surface area contributed by atoms with Crippen molar-refractivity contribution in [1.29, 1.82) is 0 Å². The Balaban J connectivity index is 1.96. The maximum atomic E-state index is 10.9. The van der Waals surface area contributed by atoms with Crippen molar-refractivity contribution < 1.29 is 9.90 Å². The predicted octanol–water partition coefficient (Wildman–Crippen LogP) is 2.31. The van der Waals surface area contributed by atoms with Gasteiger partial charge in [0.2, 0.25) is 0 Å². The highest BCUT2D eigenvalue weighted by atomic mass is 16.4. The monoisotopic (exact) mass is 293 g/mol. The van der Waals surface area contributed by atoms with Crippen LogP contribution in [0.25, 0.3) is 0 Å². The summed E-state index contributed by atoms with van der Waals surface area (Å²) >= 11 is 0. The van der Waals surface area contributed by atoms with Gasteiger partial charge in [-0.25, -0.2) is 0 Å². The molecule has 1 saturated heterocycles. The molecule has 2 atom stereocenters. The number of rotatable bonds is 6. The molecule has 0 saturated carbocycles. The average Bonchev–Trinajstić information content (AvgIpc) is 2.78. The van der Waals surface area contributed by atoms with Crippen LogP contribution < -0.4 is 0 Å². The summed E-state index contributed by atoms with van der Waals surface area (Å²) in [6, 6.07) is 0. The molecular weight excluding hydrogens is 266 g/mol. The van der Waals surface area contributed by atoms with Crippen LogP contribution in [-0.2, 0) is 24.8 Å². The van der Waals surface area contributed by atoms with Gasteiger partial charge in [-0.1, -0.05) is 13.8 Å². The minimum Gasteiger partial charge on any atom is -0.481 e. The van der Waals surface area contributed by atoms with Gasteiger partial charge < -0.3 is 5.11 Å². The van der Waals surface area contributed by atoms with Gasteiger partial charge in [0.05, 0.1) is 5.69 Å². The molecule has 5 heteroatoms. The van der Waals surface area contributed by atoms with E-state index in [4.69, 9.17) is 5.11 Å². The number of hydrogen-bond donors (Lipinski definition) is 1. The zero-order valence-electron chi connectivity index (χ0n) is 13.4. The lowest BCUT2D eigenvalue weighted by molar-refractivity contribution is -0.138. The fourth-order valence-electron chi connectivity index (χ4n) is 3.40. The van der Waals surface area contributed by atoms with Crippen molar-refractivity contribution in [3.8, 4) is 0 Å². The first-order valence-electron chi connectivity index (χ1n) is 7.95. The molecule has 1 aromatic heterocycles. The molecule has 0 spiro atoms. The molecule has 2 unspecified atom stereocenters. The summed E-state index contributed by atoms with van der Waals surface area (Å²) in [7, 11) is 1.97. The lowest BCUT2D eigenvalue weighted by atomic mass is 9.84. The SMILES string of the molecule is CCc1nn(C)cc1CN1CCCC(C(C)CC(=O)O)C1. The molecular formula is C16H27N3O2. The number of hydrogen-bond acceptors (Lipinski definition) is 3. The van der Waals surface area contributed by atoms with Crippen LogP contribution in [0.15, 0.2) is 6.20 Å². The predicted molar refractivity (Wildman–Crippen MR) is 82.0 cm³/mol. The fourth-order valence-corrected chi connectivity index (χ4v) is 3.40. The van der Waals surface area contributed by atoms with Crippen molar-refractivity contribution in [2.45, 2.75) is 46.1 Å². The van der Waals surface area contributed by atoms with Gasteiger partial charge in [0.15, 0.2) is 0 Å². The summed E-state index contributed by atoms with van der Waals surface area (Å²) in [6.07, 6.45) is 5.67. The van der Waals surface area contributed by atoms with Crippen LogP contribution in [-0.4, -0.2) is 38.8 Å². The molecule has 1 fully saturated rings. The van der Waals surface area contributed by atoms with Crippen molar-refractivity contribution in [2.75, 3.05) is 13.1 Å². The van der Waals surface area contributed by atoms with Gasteiger partial charge in [0.25, 0.3) is 0 Å². The molecule has 1 N–H and O–H groups in total. The lowest BCUT2D eigenvalue weighted by Gasteiger charge is -2.35. The number of piperidine rings is 1. The Kier molecular flexibility index (Phi) is 5.39. The highest BCUT2D eigenvalue weighted by Crippen LogP contribution is 2.27. The number of aryl methyl sites for hydroxylation is 2. The number of aromatic nitrogens is 2. The zero-order valence-corrected chi connectivity index (χ0v) is 13.4. The van der Waals surface area contributed by atoms with E-state index in [-0.39, 0.29) is 12.3 Å². The van der Waals surface area contributed by atoms with E-state index in [2.05, 4.69) is 30.0 Å². The Hall–Kier alpha value is -1.36. The summed E-state index contributed by atoms with van der Waals surface area (Å²) < 4.78 is 1.89. The van der Waals surface area contributed by atoms with Gasteiger partial charge in [-0.15, -0.1) is 0 Å². The standard InChI is InChI=1S/C16H27N3O2/c1-4-15-14(9-18(3)17-15)11-19-7-5-6-13(10-19)12(2)8-16(20)21/h9,12-13H,4-8,10-11H2,1-3H3,(H,20,21). The molecule has 2 heterocycles. The summed E-state index contributed by atoms with van der Waals surface area (Å²) in [5, 5.41) is 13.5. The van der Waals surface area contributed by atoms with Crippen LogP contribution in [0.3, 0.4) is 0 Å². The van der Waals surface area contributed by atoms with Crippen LogP contribution in [0.1, 0.15) is 44.4 Å². The van der Waals surface area contributed by atoms with Crippen LogP contribution >= 0.6 is 0 Å². The van der Waals surface area contributed by atoms with E-state index < -0.39 is 5.97 Å². The molecule has 1 aromatic rings. The summed E-state index contributed by atoms with van der Waals surface area (Å²) in [6.45, 7) is 7.26. The van der Waals surface area contributed by atoms with Gasteiger partial charge >= 0.3 is 5.97 Å². The first-order valence-corrected chi connectivity index (χ1v) is 7.95. The van der Waals surface area contributed by atoms with E-state index in [1.165, 1.54) is 11.3 Å². The van der Waals surface area contributed by atoms with Gasteiger partial charge in [0.1, 0.15) is 0 Å². The van der Waals surface area contributed by atoms with E-state index in [1.807, 2.05) is 11.7 Å². The Bertz CT molecular complexity index is 484. The van der Waals surface area contributed by atoms with Gasteiger partial charge in [0, 0.05) is 38.3 Å². The molecule has 0 aromatic carbocycles. The Morgan fingerprint density at radius 2 is 2.33 bits per heavy atom. The molecule has 118 valence electrons. The van der Waals surface area contributed by atoms with Crippen LogP contribution in [0.5, 0.6) is 0 Å². The molecule has 0 bridgehead atoms. The first kappa shape index (κ1) is 16.0. The second-order valence-corrected chi connectivity index (χ2v) is 6.34. The Morgan fingerprint density at radius 3 is 3.00 bits per heavy atom. The lowest BCUT2D eigenvalue weighted by Crippen LogP contribution is -2.38.